The van der Waals surface area contributed by atoms with E-state index in [1.165, 1.54) is 0 Å². The van der Waals surface area contributed by atoms with Crippen molar-refractivity contribution < 1.29 is 14.3 Å². The van der Waals surface area contributed by atoms with Crippen LogP contribution in [0.1, 0.15) is 18.8 Å². The molecule has 2 N–H and O–H groups in total. The van der Waals surface area contributed by atoms with Gasteiger partial charge in [-0.05, 0) is 31.2 Å². The zero-order valence-corrected chi connectivity index (χ0v) is 11.0. The van der Waals surface area contributed by atoms with E-state index in [4.69, 9.17) is 9.15 Å². The van der Waals surface area contributed by atoms with Crippen LogP contribution < -0.4 is 10.1 Å². The number of hydrogen-bond acceptors (Lipinski definition) is 4. The van der Waals surface area contributed by atoms with E-state index in [1.807, 2.05) is 37.3 Å². The molecule has 2 rings (SSSR count). The predicted octanol–water partition coefficient (Wildman–Crippen LogP) is 2.37. The largest absolute Gasteiger partial charge is 0.492 e. The summed E-state index contributed by atoms with van der Waals surface area (Å²) in [6.07, 6.45) is 0.926. The summed E-state index contributed by atoms with van der Waals surface area (Å²) in [5.74, 6) is 1.42. The first-order valence-corrected chi connectivity index (χ1v) is 6.38. The Hall–Kier alpha value is -1.78. The monoisotopic (exact) mass is 261 g/mol. The minimum Gasteiger partial charge on any atom is -0.492 e. The van der Waals surface area contributed by atoms with Crippen molar-refractivity contribution in [3.63, 3.8) is 0 Å². The fraction of sp³-hybridized carbons (Fsp3) is 0.333. The van der Waals surface area contributed by atoms with E-state index in [0.717, 1.165) is 5.75 Å². The normalized spacial score (nSPS) is 14.0. The van der Waals surface area contributed by atoms with Crippen molar-refractivity contribution in [3.8, 4) is 5.75 Å². The highest BCUT2D eigenvalue weighted by molar-refractivity contribution is 5.20. The van der Waals surface area contributed by atoms with Gasteiger partial charge in [0.05, 0.1) is 6.26 Å². The first kappa shape index (κ1) is 13.6. The van der Waals surface area contributed by atoms with Crippen molar-refractivity contribution in [1.82, 2.24) is 5.32 Å². The van der Waals surface area contributed by atoms with Gasteiger partial charge in [0.1, 0.15) is 24.2 Å². The lowest BCUT2D eigenvalue weighted by Crippen LogP contribution is -2.34. The van der Waals surface area contributed by atoms with Crippen molar-refractivity contribution >= 4 is 0 Å². The molecular formula is C15H19NO3. The zero-order valence-electron chi connectivity index (χ0n) is 11.0. The van der Waals surface area contributed by atoms with Gasteiger partial charge in [0, 0.05) is 12.6 Å². The Bertz CT molecular complexity index is 456. The van der Waals surface area contributed by atoms with Crippen LogP contribution in [-0.2, 0) is 0 Å². The molecule has 2 unspecified atom stereocenters. The predicted molar refractivity (Wildman–Crippen MR) is 73.1 cm³/mol. The molecule has 102 valence electrons. The highest BCUT2D eigenvalue weighted by Crippen LogP contribution is 2.12. The molecule has 0 saturated carbocycles. The third-order valence-corrected chi connectivity index (χ3v) is 2.77. The Morgan fingerprint density at radius 3 is 2.68 bits per heavy atom. The fourth-order valence-corrected chi connectivity index (χ4v) is 1.69. The summed E-state index contributed by atoms with van der Waals surface area (Å²) in [6.45, 7) is 3.00. The Balaban J connectivity index is 1.69. The highest BCUT2D eigenvalue weighted by Gasteiger charge is 2.11. The van der Waals surface area contributed by atoms with Crippen molar-refractivity contribution in [1.29, 1.82) is 0 Å². The second kappa shape index (κ2) is 6.97. The summed E-state index contributed by atoms with van der Waals surface area (Å²) in [7, 11) is 0. The smallest absolute Gasteiger partial charge is 0.133 e. The van der Waals surface area contributed by atoms with E-state index in [2.05, 4.69) is 5.32 Å². The Labute approximate surface area is 113 Å². The SMILES string of the molecule is CC(COc1ccccc1)NCC(O)c1ccco1. The maximum absolute atomic E-state index is 9.85. The van der Waals surface area contributed by atoms with E-state index in [9.17, 15) is 5.11 Å². The van der Waals surface area contributed by atoms with Gasteiger partial charge in [0.15, 0.2) is 0 Å². The van der Waals surface area contributed by atoms with E-state index in [1.54, 1.807) is 18.4 Å². The third-order valence-electron chi connectivity index (χ3n) is 2.77. The van der Waals surface area contributed by atoms with E-state index in [0.29, 0.717) is 18.9 Å². The average Bonchev–Trinajstić information content (AvgIpc) is 2.98. The van der Waals surface area contributed by atoms with Gasteiger partial charge in [0.2, 0.25) is 0 Å². The molecule has 1 aromatic heterocycles. The maximum atomic E-state index is 9.85. The number of aliphatic hydroxyl groups excluding tert-OH is 1. The number of furan rings is 1. The summed E-state index contributed by atoms with van der Waals surface area (Å²) >= 11 is 0. The number of hydrogen-bond donors (Lipinski definition) is 2. The average molecular weight is 261 g/mol. The van der Waals surface area contributed by atoms with Crippen LogP contribution in [0, 0.1) is 0 Å². The van der Waals surface area contributed by atoms with Gasteiger partial charge < -0.3 is 19.6 Å². The molecule has 0 amide bonds. The topological polar surface area (TPSA) is 54.6 Å². The molecule has 0 aliphatic carbocycles. The van der Waals surface area contributed by atoms with Gasteiger partial charge in [-0.3, -0.25) is 0 Å². The quantitative estimate of drug-likeness (QED) is 0.803. The molecule has 1 heterocycles. The summed E-state index contributed by atoms with van der Waals surface area (Å²) in [5, 5.41) is 13.1. The summed E-state index contributed by atoms with van der Waals surface area (Å²) in [5.41, 5.74) is 0. The Kier molecular flexibility index (Phi) is 5.01. The van der Waals surface area contributed by atoms with Crippen molar-refractivity contribution in [2.24, 2.45) is 0 Å². The van der Waals surface area contributed by atoms with Gasteiger partial charge in [-0.15, -0.1) is 0 Å². The number of rotatable bonds is 7. The van der Waals surface area contributed by atoms with Crippen LogP contribution in [0.25, 0.3) is 0 Å². The lowest BCUT2D eigenvalue weighted by Gasteiger charge is -2.16. The van der Waals surface area contributed by atoms with Gasteiger partial charge in [-0.25, -0.2) is 0 Å². The lowest BCUT2D eigenvalue weighted by atomic mass is 10.2. The maximum Gasteiger partial charge on any atom is 0.133 e. The first-order valence-electron chi connectivity index (χ1n) is 6.38. The number of benzene rings is 1. The molecule has 2 aromatic rings. The molecule has 0 spiro atoms. The van der Waals surface area contributed by atoms with Crippen LogP contribution in [0.2, 0.25) is 0 Å². The van der Waals surface area contributed by atoms with Crippen molar-refractivity contribution in [3.05, 3.63) is 54.5 Å². The van der Waals surface area contributed by atoms with Gasteiger partial charge >= 0.3 is 0 Å². The minimum absolute atomic E-state index is 0.143. The molecule has 19 heavy (non-hydrogen) atoms. The molecule has 0 radical (unpaired) electrons. The number of ether oxygens (including phenoxy) is 1. The number of aliphatic hydroxyl groups is 1. The molecule has 4 nitrogen and oxygen atoms in total. The fourth-order valence-electron chi connectivity index (χ4n) is 1.69. The second-order valence-corrected chi connectivity index (χ2v) is 4.46. The standard InChI is InChI=1S/C15H19NO3/c1-12(11-19-13-6-3-2-4-7-13)16-10-14(17)15-8-5-9-18-15/h2-9,12,14,16-17H,10-11H2,1H3. The lowest BCUT2D eigenvalue weighted by molar-refractivity contribution is 0.139. The summed E-state index contributed by atoms with van der Waals surface area (Å²) in [6, 6.07) is 13.3. The van der Waals surface area contributed by atoms with Crippen LogP contribution in [-0.4, -0.2) is 24.3 Å². The van der Waals surface area contributed by atoms with Crippen LogP contribution >= 0.6 is 0 Å². The number of para-hydroxylation sites is 1. The molecule has 4 heteroatoms. The molecule has 0 aliphatic heterocycles. The van der Waals surface area contributed by atoms with E-state index >= 15 is 0 Å². The first-order chi connectivity index (χ1) is 9.25. The number of nitrogens with one attached hydrogen (secondary N) is 1. The third kappa shape index (κ3) is 4.43. The molecule has 0 bridgehead atoms. The zero-order chi connectivity index (χ0) is 13.5. The van der Waals surface area contributed by atoms with Crippen LogP contribution in [0.15, 0.2) is 53.1 Å². The second-order valence-electron chi connectivity index (χ2n) is 4.46. The van der Waals surface area contributed by atoms with Gasteiger partial charge in [0.25, 0.3) is 0 Å². The van der Waals surface area contributed by atoms with Gasteiger partial charge in [-0.1, -0.05) is 18.2 Å². The molecule has 2 atom stereocenters. The summed E-state index contributed by atoms with van der Waals surface area (Å²) < 4.78 is 10.8. The van der Waals surface area contributed by atoms with E-state index < -0.39 is 6.10 Å². The van der Waals surface area contributed by atoms with Gasteiger partial charge in [-0.2, -0.15) is 0 Å². The van der Waals surface area contributed by atoms with Crippen LogP contribution in [0.5, 0.6) is 5.75 Å². The van der Waals surface area contributed by atoms with Crippen molar-refractivity contribution in [2.75, 3.05) is 13.2 Å². The molecular weight excluding hydrogens is 242 g/mol. The van der Waals surface area contributed by atoms with Crippen LogP contribution in [0.3, 0.4) is 0 Å². The molecule has 0 fully saturated rings. The molecule has 1 aromatic carbocycles. The molecule has 0 aliphatic rings. The Morgan fingerprint density at radius 2 is 2.00 bits per heavy atom. The Morgan fingerprint density at radius 1 is 1.21 bits per heavy atom. The van der Waals surface area contributed by atoms with Crippen molar-refractivity contribution in [2.45, 2.75) is 19.1 Å². The minimum atomic E-state index is -0.630. The van der Waals surface area contributed by atoms with Crippen LogP contribution in [0.4, 0.5) is 0 Å². The summed E-state index contributed by atoms with van der Waals surface area (Å²) in [4.78, 5) is 0. The highest BCUT2D eigenvalue weighted by atomic mass is 16.5. The van der Waals surface area contributed by atoms with E-state index in [-0.39, 0.29) is 6.04 Å². The molecule has 0 saturated heterocycles.